The topological polar surface area (TPSA) is 83.9 Å². The van der Waals surface area contributed by atoms with Gasteiger partial charge in [-0.2, -0.15) is 0 Å². The molecule has 2 aliphatic heterocycles. The third-order valence-electron chi connectivity index (χ3n) is 6.13. The quantitative estimate of drug-likeness (QED) is 0.668. The summed E-state index contributed by atoms with van der Waals surface area (Å²) >= 11 is 5.97. The molecule has 2 saturated heterocycles. The molecule has 1 N–H and O–H groups in total. The Labute approximate surface area is 185 Å². The Kier molecular flexibility index (Phi) is 5.28. The van der Waals surface area contributed by atoms with E-state index in [9.17, 15) is 4.79 Å². The largest absolute Gasteiger partial charge is 0.365 e. The van der Waals surface area contributed by atoms with Crippen LogP contribution >= 0.6 is 11.6 Å². The number of hydrogen-bond donors (Lipinski definition) is 1. The lowest BCUT2D eigenvalue weighted by Gasteiger charge is -2.50. The van der Waals surface area contributed by atoms with Crippen LogP contribution in [0.2, 0.25) is 5.02 Å². The molecule has 3 aromatic rings. The van der Waals surface area contributed by atoms with Gasteiger partial charge in [0, 0.05) is 37.4 Å². The molecular weight excluding hydrogens is 412 g/mol. The molecule has 1 amide bonds. The zero-order chi connectivity index (χ0) is 21.4. The normalized spacial score (nSPS) is 22.4. The summed E-state index contributed by atoms with van der Waals surface area (Å²) in [4.78, 5) is 33.3. The van der Waals surface area contributed by atoms with Crippen LogP contribution in [-0.4, -0.2) is 49.4 Å². The van der Waals surface area contributed by atoms with Crippen LogP contribution in [0.5, 0.6) is 0 Å². The molecule has 0 unspecified atom stereocenters. The van der Waals surface area contributed by atoms with Gasteiger partial charge in [0.05, 0.1) is 16.6 Å². The average Bonchev–Trinajstić information content (AvgIpc) is 2.81. The molecule has 31 heavy (non-hydrogen) atoms. The van der Waals surface area contributed by atoms with Gasteiger partial charge in [0.1, 0.15) is 11.5 Å². The Morgan fingerprint density at radius 1 is 1.13 bits per heavy atom. The fourth-order valence-corrected chi connectivity index (χ4v) is 4.83. The Morgan fingerprint density at radius 2 is 1.97 bits per heavy atom. The monoisotopic (exact) mass is 434 g/mol. The lowest BCUT2D eigenvalue weighted by atomic mass is 9.76. The molecule has 0 radical (unpaired) electrons. The molecule has 7 nitrogen and oxygen atoms in total. The maximum Gasteiger partial charge on any atom is 0.273 e. The number of nitrogens with one attached hydrogen (secondary N) is 1. The Balaban J connectivity index is 1.44. The van der Waals surface area contributed by atoms with E-state index in [1.54, 1.807) is 30.9 Å². The van der Waals surface area contributed by atoms with Crippen LogP contribution in [0.4, 0.5) is 5.82 Å². The van der Waals surface area contributed by atoms with Crippen molar-refractivity contribution in [2.75, 3.05) is 11.9 Å². The van der Waals surface area contributed by atoms with E-state index in [1.807, 2.05) is 30.0 Å². The van der Waals surface area contributed by atoms with Gasteiger partial charge in [0.15, 0.2) is 5.82 Å². The van der Waals surface area contributed by atoms with Crippen molar-refractivity contribution in [3.8, 4) is 11.4 Å². The number of carbonyl (C=O) groups excluding carboxylic acids is 1. The van der Waals surface area contributed by atoms with Gasteiger partial charge in [0.25, 0.3) is 5.91 Å². The van der Waals surface area contributed by atoms with Crippen molar-refractivity contribution in [2.45, 2.75) is 38.3 Å². The summed E-state index contributed by atoms with van der Waals surface area (Å²) < 4.78 is 0. The highest BCUT2D eigenvalue weighted by atomic mass is 35.5. The van der Waals surface area contributed by atoms with E-state index in [0.717, 1.165) is 37.2 Å². The van der Waals surface area contributed by atoms with Crippen molar-refractivity contribution in [3.05, 3.63) is 65.3 Å². The number of rotatable bonds is 4. The molecule has 3 aromatic heterocycles. The number of carbonyl (C=O) groups is 1. The average molecular weight is 435 g/mol. The standard InChI is InChI=1S/C23H23ClN6O/c1-14-9-17(22-25-7-2-8-26-22)21(28-11-14)23(31)30-13-15-3-5-19(30)18(10-15)29-20-6-4-16(24)12-27-20/h2,4,6-9,11-12,15,18-19H,3,5,10,13H2,1H3,(H,27,29)/t15-,18-,19+/m1/s1. The molecule has 8 heteroatoms. The molecular formula is C23H23ClN6O. The number of aryl methyl sites for hydroxylation is 1. The molecule has 0 aromatic carbocycles. The molecule has 6 rings (SSSR count). The number of aromatic nitrogens is 4. The SMILES string of the molecule is Cc1cnc(C(=O)N2C[C@@H]3CC[C@H]2[C@H](Nc2ccc(Cl)cn2)C3)c(-c2ncccn2)c1. The number of halogens is 1. The minimum Gasteiger partial charge on any atom is -0.365 e. The number of nitrogens with zero attached hydrogens (tertiary/aromatic N) is 5. The van der Waals surface area contributed by atoms with Gasteiger partial charge in [0.2, 0.25) is 0 Å². The van der Waals surface area contributed by atoms with Crippen LogP contribution in [-0.2, 0) is 0 Å². The minimum absolute atomic E-state index is 0.0623. The molecule has 3 fully saturated rings. The van der Waals surface area contributed by atoms with Gasteiger partial charge in [-0.15, -0.1) is 0 Å². The van der Waals surface area contributed by atoms with Crippen LogP contribution in [0.3, 0.4) is 0 Å². The fourth-order valence-electron chi connectivity index (χ4n) is 4.72. The maximum absolute atomic E-state index is 13.7. The van der Waals surface area contributed by atoms with E-state index >= 15 is 0 Å². The van der Waals surface area contributed by atoms with Crippen LogP contribution < -0.4 is 5.32 Å². The van der Waals surface area contributed by atoms with Gasteiger partial charge in [-0.05, 0) is 61.9 Å². The summed E-state index contributed by atoms with van der Waals surface area (Å²) in [7, 11) is 0. The summed E-state index contributed by atoms with van der Waals surface area (Å²) in [5.74, 6) is 1.69. The molecule has 0 spiro atoms. The van der Waals surface area contributed by atoms with Crippen molar-refractivity contribution < 1.29 is 4.79 Å². The molecule has 1 aliphatic carbocycles. The van der Waals surface area contributed by atoms with Crippen LogP contribution in [0, 0.1) is 12.8 Å². The minimum atomic E-state index is -0.0623. The van der Waals surface area contributed by atoms with Crippen molar-refractivity contribution >= 4 is 23.3 Å². The zero-order valence-corrected chi connectivity index (χ0v) is 18.0. The molecule has 3 atom stereocenters. The lowest BCUT2D eigenvalue weighted by Crippen LogP contribution is -2.60. The van der Waals surface area contributed by atoms with Gasteiger partial charge < -0.3 is 10.2 Å². The Morgan fingerprint density at radius 3 is 2.71 bits per heavy atom. The second-order valence-electron chi connectivity index (χ2n) is 8.30. The smallest absolute Gasteiger partial charge is 0.273 e. The third-order valence-corrected chi connectivity index (χ3v) is 6.36. The number of anilines is 1. The highest BCUT2D eigenvalue weighted by molar-refractivity contribution is 6.30. The first kappa shape index (κ1) is 19.9. The molecule has 5 heterocycles. The van der Waals surface area contributed by atoms with Crippen molar-refractivity contribution in [1.29, 1.82) is 0 Å². The summed E-state index contributed by atoms with van der Waals surface area (Å²) in [6, 6.07) is 7.63. The van der Waals surface area contributed by atoms with Crippen molar-refractivity contribution in [3.63, 3.8) is 0 Å². The zero-order valence-electron chi connectivity index (χ0n) is 17.2. The number of fused-ring (bicyclic) bond motifs is 3. The van der Waals surface area contributed by atoms with E-state index in [1.165, 1.54) is 0 Å². The van der Waals surface area contributed by atoms with Gasteiger partial charge >= 0.3 is 0 Å². The Bertz CT molecular complexity index is 1090. The van der Waals surface area contributed by atoms with E-state index in [-0.39, 0.29) is 18.0 Å². The van der Waals surface area contributed by atoms with Crippen molar-refractivity contribution in [1.82, 2.24) is 24.8 Å². The van der Waals surface area contributed by atoms with E-state index in [2.05, 4.69) is 25.3 Å². The van der Waals surface area contributed by atoms with E-state index < -0.39 is 0 Å². The molecule has 1 saturated carbocycles. The highest BCUT2D eigenvalue weighted by Gasteiger charge is 2.44. The first-order valence-electron chi connectivity index (χ1n) is 10.5. The molecule has 158 valence electrons. The number of piperidine rings is 2. The number of amides is 1. The van der Waals surface area contributed by atoms with Gasteiger partial charge in [-0.25, -0.2) is 15.0 Å². The summed E-state index contributed by atoms with van der Waals surface area (Å²) in [6.07, 6.45) is 9.85. The summed E-state index contributed by atoms with van der Waals surface area (Å²) in [5.41, 5.74) is 2.05. The third kappa shape index (κ3) is 3.97. The van der Waals surface area contributed by atoms with Gasteiger partial charge in [-0.3, -0.25) is 9.78 Å². The Hall–Kier alpha value is -3.06. The predicted molar refractivity (Wildman–Crippen MR) is 119 cm³/mol. The second-order valence-corrected chi connectivity index (χ2v) is 8.73. The molecule has 3 aliphatic rings. The highest BCUT2D eigenvalue weighted by Crippen LogP contribution is 2.38. The number of pyridine rings is 2. The van der Waals surface area contributed by atoms with Crippen LogP contribution in [0.1, 0.15) is 35.3 Å². The first-order chi connectivity index (χ1) is 15.1. The van der Waals surface area contributed by atoms with Crippen LogP contribution in [0.15, 0.2) is 49.1 Å². The fraction of sp³-hybridized carbons (Fsp3) is 0.348. The lowest BCUT2D eigenvalue weighted by molar-refractivity contribution is 0.0277. The predicted octanol–water partition coefficient (Wildman–Crippen LogP) is 4.00. The number of hydrogen-bond acceptors (Lipinski definition) is 6. The van der Waals surface area contributed by atoms with Crippen LogP contribution in [0.25, 0.3) is 11.4 Å². The second kappa shape index (κ2) is 8.23. The van der Waals surface area contributed by atoms with E-state index in [0.29, 0.717) is 28.0 Å². The molecule has 2 bridgehead atoms. The first-order valence-corrected chi connectivity index (χ1v) is 10.9. The van der Waals surface area contributed by atoms with Crippen molar-refractivity contribution in [2.24, 2.45) is 5.92 Å². The summed E-state index contributed by atoms with van der Waals surface area (Å²) in [6.45, 7) is 2.70. The summed E-state index contributed by atoms with van der Waals surface area (Å²) in [5, 5.41) is 4.13. The maximum atomic E-state index is 13.7. The van der Waals surface area contributed by atoms with Gasteiger partial charge in [-0.1, -0.05) is 11.6 Å². The van der Waals surface area contributed by atoms with E-state index in [4.69, 9.17) is 11.6 Å².